The number of amides is 2. The molecule has 150 valence electrons. The number of nitrogens with zero attached hydrogens (tertiary/aromatic N) is 3. The number of ether oxygens (including phenoxy) is 1. The number of imidazole rings is 1. The number of carbonyl (C=O) groups is 2. The standard InChI is InChI=1S/C21H23N5O3/c1-26-17-7-6-15(24-20(27)14-4-2-9-22-13-14)12-16(17)25-19(26)8-10-23-21(28)18-5-3-11-29-18/h2,4,6-7,9,12-13,18H,3,5,8,10-11H2,1H3,(H,23,28)(H,24,27). The third-order valence-electron chi connectivity index (χ3n) is 5.02. The molecular weight excluding hydrogens is 370 g/mol. The lowest BCUT2D eigenvalue weighted by Crippen LogP contribution is -2.35. The lowest BCUT2D eigenvalue weighted by molar-refractivity contribution is -0.130. The highest BCUT2D eigenvalue weighted by Crippen LogP contribution is 2.20. The zero-order chi connectivity index (χ0) is 20.2. The molecule has 29 heavy (non-hydrogen) atoms. The molecule has 1 fully saturated rings. The quantitative estimate of drug-likeness (QED) is 0.668. The van der Waals surface area contributed by atoms with E-state index in [0.29, 0.717) is 30.8 Å². The SMILES string of the molecule is Cn1c(CCNC(=O)C2CCCO2)nc2cc(NC(=O)c3cccnc3)ccc21. The van der Waals surface area contributed by atoms with Gasteiger partial charge in [-0.1, -0.05) is 0 Å². The van der Waals surface area contributed by atoms with Gasteiger partial charge in [-0.2, -0.15) is 0 Å². The molecule has 8 nitrogen and oxygen atoms in total. The minimum Gasteiger partial charge on any atom is -0.368 e. The first kappa shape index (κ1) is 19.1. The van der Waals surface area contributed by atoms with Crippen molar-refractivity contribution in [3.63, 3.8) is 0 Å². The van der Waals surface area contributed by atoms with E-state index in [2.05, 4.69) is 20.6 Å². The molecule has 1 aliphatic rings. The Balaban J connectivity index is 1.41. The van der Waals surface area contributed by atoms with Gasteiger partial charge in [-0.25, -0.2) is 4.98 Å². The molecule has 3 heterocycles. The summed E-state index contributed by atoms with van der Waals surface area (Å²) in [5, 5.41) is 5.79. The van der Waals surface area contributed by atoms with Crippen LogP contribution >= 0.6 is 0 Å². The minimum absolute atomic E-state index is 0.0540. The molecule has 0 saturated carbocycles. The molecule has 2 N–H and O–H groups in total. The molecule has 2 amide bonds. The van der Waals surface area contributed by atoms with Crippen molar-refractivity contribution in [3.8, 4) is 0 Å². The van der Waals surface area contributed by atoms with Gasteiger partial charge in [-0.05, 0) is 43.2 Å². The smallest absolute Gasteiger partial charge is 0.257 e. The van der Waals surface area contributed by atoms with Crippen molar-refractivity contribution >= 4 is 28.5 Å². The number of pyridine rings is 1. The van der Waals surface area contributed by atoms with Crippen molar-refractivity contribution < 1.29 is 14.3 Å². The summed E-state index contributed by atoms with van der Waals surface area (Å²) in [5.41, 5.74) is 2.92. The van der Waals surface area contributed by atoms with Crippen LogP contribution in [0.1, 0.15) is 29.0 Å². The summed E-state index contributed by atoms with van der Waals surface area (Å²) in [6, 6.07) is 9.06. The predicted molar refractivity (Wildman–Crippen MR) is 109 cm³/mol. The fourth-order valence-corrected chi connectivity index (χ4v) is 3.45. The van der Waals surface area contributed by atoms with Gasteiger partial charge in [0.1, 0.15) is 11.9 Å². The normalized spacial score (nSPS) is 16.1. The van der Waals surface area contributed by atoms with Crippen molar-refractivity contribution in [2.45, 2.75) is 25.4 Å². The maximum atomic E-state index is 12.3. The van der Waals surface area contributed by atoms with Crippen molar-refractivity contribution in [1.82, 2.24) is 19.9 Å². The van der Waals surface area contributed by atoms with Crippen molar-refractivity contribution in [1.29, 1.82) is 0 Å². The molecular formula is C21H23N5O3. The maximum absolute atomic E-state index is 12.3. The van der Waals surface area contributed by atoms with Crippen LogP contribution < -0.4 is 10.6 Å². The van der Waals surface area contributed by atoms with E-state index in [1.165, 1.54) is 6.20 Å². The lowest BCUT2D eigenvalue weighted by Gasteiger charge is -2.10. The molecule has 0 radical (unpaired) electrons. The van der Waals surface area contributed by atoms with Crippen LogP contribution in [0.25, 0.3) is 11.0 Å². The summed E-state index contributed by atoms with van der Waals surface area (Å²) in [6.45, 7) is 1.16. The summed E-state index contributed by atoms with van der Waals surface area (Å²) in [7, 11) is 1.94. The number of aryl methyl sites for hydroxylation is 1. The monoisotopic (exact) mass is 393 g/mol. The number of fused-ring (bicyclic) bond motifs is 1. The predicted octanol–water partition coefficient (Wildman–Crippen LogP) is 2.06. The molecule has 0 spiro atoms. The van der Waals surface area contributed by atoms with E-state index >= 15 is 0 Å². The van der Waals surface area contributed by atoms with Crippen molar-refractivity contribution in [2.24, 2.45) is 7.05 Å². The van der Waals surface area contributed by atoms with Crippen LogP contribution in [-0.4, -0.2) is 45.6 Å². The van der Waals surface area contributed by atoms with Gasteiger partial charge in [-0.3, -0.25) is 14.6 Å². The van der Waals surface area contributed by atoms with Gasteiger partial charge in [-0.15, -0.1) is 0 Å². The van der Waals surface area contributed by atoms with Crippen LogP contribution in [0, 0.1) is 0 Å². The van der Waals surface area contributed by atoms with Crippen LogP contribution in [0.2, 0.25) is 0 Å². The van der Waals surface area contributed by atoms with E-state index in [1.807, 2.05) is 29.8 Å². The van der Waals surface area contributed by atoms with Crippen LogP contribution in [0.3, 0.4) is 0 Å². The van der Waals surface area contributed by atoms with E-state index in [0.717, 1.165) is 29.7 Å². The first-order valence-electron chi connectivity index (χ1n) is 9.68. The summed E-state index contributed by atoms with van der Waals surface area (Å²) in [5.74, 6) is 0.593. The van der Waals surface area contributed by atoms with Gasteiger partial charge in [0.25, 0.3) is 5.91 Å². The number of anilines is 1. The Morgan fingerprint density at radius 2 is 2.21 bits per heavy atom. The third kappa shape index (κ3) is 4.27. The van der Waals surface area contributed by atoms with Crippen LogP contribution in [-0.2, 0) is 23.0 Å². The Kier molecular flexibility index (Phi) is 5.53. The van der Waals surface area contributed by atoms with Gasteiger partial charge < -0.3 is 19.9 Å². The highest BCUT2D eigenvalue weighted by molar-refractivity contribution is 6.04. The number of rotatable bonds is 6. The van der Waals surface area contributed by atoms with E-state index in [4.69, 9.17) is 4.74 Å². The molecule has 4 rings (SSSR count). The number of hydrogen-bond acceptors (Lipinski definition) is 5. The number of benzene rings is 1. The second-order valence-corrected chi connectivity index (χ2v) is 7.03. The van der Waals surface area contributed by atoms with E-state index in [9.17, 15) is 9.59 Å². The number of hydrogen-bond donors (Lipinski definition) is 2. The Labute approximate surface area is 168 Å². The Bertz CT molecular complexity index is 1030. The molecule has 0 aliphatic carbocycles. The second-order valence-electron chi connectivity index (χ2n) is 7.03. The summed E-state index contributed by atoms with van der Waals surface area (Å²) >= 11 is 0. The molecule has 8 heteroatoms. The van der Waals surface area contributed by atoms with Gasteiger partial charge in [0.2, 0.25) is 5.91 Å². The minimum atomic E-state index is -0.318. The van der Waals surface area contributed by atoms with Crippen molar-refractivity contribution in [3.05, 3.63) is 54.1 Å². The van der Waals surface area contributed by atoms with Crippen LogP contribution in [0.15, 0.2) is 42.7 Å². The zero-order valence-corrected chi connectivity index (χ0v) is 16.2. The Morgan fingerprint density at radius 3 is 2.97 bits per heavy atom. The number of carbonyl (C=O) groups excluding carboxylic acids is 2. The van der Waals surface area contributed by atoms with E-state index in [1.54, 1.807) is 18.3 Å². The van der Waals surface area contributed by atoms with E-state index in [-0.39, 0.29) is 17.9 Å². The average molecular weight is 393 g/mol. The maximum Gasteiger partial charge on any atom is 0.257 e. The topological polar surface area (TPSA) is 98.1 Å². The first-order chi connectivity index (χ1) is 14.1. The molecule has 1 saturated heterocycles. The fraction of sp³-hybridized carbons (Fsp3) is 0.333. The Morgan fingerprint density at radius 1 is 1.31 bits per heavy atom. The largest absolute Gasteiger partial charge is 0.368 e. The number of aromatic nitrogens is 3. The number of nitrogens with one attached hydrogen (secondary N) is 2. The molecule has 2 aromatic heterocycles. The highest BCUT2D eigenvalue weighted by Gasteiger charge is 2.23. The Hall–Kier alpha value is -3.26. The molecule has 1 aromatic carbocycles. The zero-order valence-electron chi connectivity index (χ0n) is 16.2. The van der Waals surface area contributed by atoms with Gasteiger partial charge in [0.05, 0.1) is 16.6 Å². The first-order valence-corrected chi connectivity index (χ1v) is 9.68. The summed E-state index contributed by atoms with van der Waals surface area (Å²) < 4.78 is 7.40. The molecule has 1 aliphatic heterocycles. The molecule has 1 unspecified atom stereocenters. The van der Waals surface area contributed by atoms with E-state index < -0.39 is 0 Å². The molecule has 3 aromatic rings. The average Bonchev–Trinajstić information content (AvgIpc) is 3.37. The van der Waals surface area contributed by atoms with Crippen molar-refractivity contribution in [2.75, 3.05) is 18.5 Å². The second kappa shape index (κ2) is 8.40. The van der Waals surface area contributed by atoms with Crippen LogP contribution in [0.5, 0.6) is 0 Å². The summed E-state index contributed by atoms with van der Waals surface area (Å²) in [4.78, 5) is 33.0. The third-order valence-corrected chi connectivity index (χ3v) is 5.02. The fourth-order valence-electron chi connectivity index (χ4n) is 3.45. The van der Waals surface area contributed by atoms with Gasteiger partial charge >= 0.3 is 0 Å². The highest BCUT2D eigenvalue weighted by atomic mass is 16.5. The van der Waals surface area contributed by atoms with Gasteiger partial charge in [0.15, 0.2) is 0 Å². The molecule has 1 atom stereocenters. The molecule has 0 bridgehead atoms. The summed E-state index contributed by atoms with van der Waals surface area (Å²) in [6.07, 6.45) is 5.16. The lowest BCUT2D eigenvalue weighted by atomic mass is 10.2. The van der Waals surface area contributed by atoms with Gasteiger partial charge in [0, 0.05) is 44.7 Å². The van der Waals surface area contributed by atoms with Crippen LogP contribution in [0.4, 0.5) is 5.69 Å².